The number of pyridine rings is 1. The van der Waals surface area contributed by atoms with Gasteiger partial charge in [0.15, 0.2) is 11.5 Å². The lowest BCUT2D eigenvalue weighted by Crippen LogP contribution is -2.22. The lowest BCUT2D eigenvalue weighted by atomic mass is 10.0. The Kier molecular flexibility index (Phi) is 4.90. The molecule has 0 spiro atoms. The maximum Gasteiger partial charge on any atom is 0.271 e. The fraction of sp³-hybridized carbons (Fsp3) is 0.304. The van der Waals surface area contributed by atoms with Gasteiger partial charge in [0.05, 0.1) is 17.8 Å². The summed E-state index contributed by atoms with van der Waals surface area (Å²) in [6.45, 7) is 5.78. The number of primary amides is 1. The van der Waals surface area contributed by atoms with E-state index >= 15 is 0 Å². The number of benzene rings is 1. The van der Waals surface area contributed by atoms with Crippen molar-refractivity contribution in [3.63, 3.8) is 0 Å². The van der Waals surface area contributed by atoms with E-state index in [9.17, 15) is 9.90 Å². The van der Waals surface area contributed by atoms with Crippen LogP contribution in [0.4, 0.5) is 5.69 Å². The molecule has 5 rings (SSSR count). The molecule has 0 aliphatic carbocycles. The molecule has 0 bridgehead atoms. The molecule has 1 aromatic carbocycles. The van der Waals surface area contributed by atoms with E-state index in [0.717, 1.165) is 22.3 Å². The number of β-amino-alcohol motifs (C(OH)–C–C–N with tert-alkyl or cyclic N) is 1. The molecule has 0 saturated carbocycles. The van der Waals surface area contributed by atoms with E-state index in [0.29, 0.717) is 48.8 Å². The number of nitrogens with zero attached hydrogens (tertiary/aromatic N) is 5. The summed E-state index contributed by atoms with van der Waals surface area (Å²) < 4.78 is 8.05. The number of nitrogens with two attached hydrogens (primary N) is 1. The lowest BCUT2D eigenvalue weighted by Gasteiger charge is -2.21. The van der Waals surface area contributed by atoms with Crippen LogP contribution in [-0.2, 0) is 6.54 Å². The zero-order chi connectivity index (χ0) is 22.4. The van der Waals surface area contributed by atoms with Gasteiger partial charge in [0.2, 0.25) is 5.89 Å². The molecule has 1 unspecified atom stereocenters. The van der Waals surface area contributed by atoms with E-state index in [1.807, 2.05) is 42.9 Å². The van der Waals surface area contributed by atoms with Crippen LogP contribution in [0.2, 0.25) is 0 Å². The van der Waals surface area contributed by atoms with Gasteiger partial charge in [0.1, 0.15) is 0 Å². The molecule has 4 heterocycles. The minimum absolute atomic E-state index is 0.0670. The summed E-state index contributed by atoms with van der Waals surface area (Å²) in [7, 11) is 0. The first-order valence-corrected chi connectivity index (χ1v) is 10.6. The number of aromatic nitrogens is 4. The SMILES string of the molecule is CCn1ncc2cc(N3CCC(O)C3)c(-c3oc(-c4ccnc(C)c4)nc3C(N)=O)cc21. The number of carbonyl (C=O) groups excluding carboxylic acids is 1. The number of aliphatic hydroxyl groups is 1. The lowest BCUT2D eigenvalue weighted by molar-refractivity contribution is 0.0996. The van der Waals surface area contributed by atoms with Crippen LogP contribution in [0.25, 0.3) is 33.7 Å². The van der Waals surface area contributed by atoms with Gasteiger partial charge in [-0.05, 0) is 44.5 Å². The normalized spacial score (nSPS) is 16.2. The Bertz CT molecular complexity index is 1320. The van der Waals surface area contributed by atoms with Gasteiger partial charge in [0, 0.05) is 53.7 Å². The van der Waals surface area contributed by atoms with Gasteiger partial charge in [-0.15, -0.1) is 0 Å². The second-order valence-corrected chi connectivity index (χ2v) is 8.02. The third-order valence-corrected chi connectivity index (χ3v) is 5.81. The Balaban J connectivity index is 1.74. The van der Waals surface area contributed by atoms with E-state index < -0.39 is 12.0 Å². The van der Waals surface area contributed by atoms with Crippen LogP contribution in [0, 0.1) is 6.92 Å². The number of anilines is 1. The van der Waals surface area contributed by atoms with Crippen molar-refractivity contribution in [2.45, 2.75) is 32.9 Å². The van der Waals surface area contributed by atoms with E-state index in [1.165, 1.54) is 0 Å². The van der Waals surface area contributed by atoms with E-state index in [-0.39, 0.29) is 5.69 Å². The van der Waals surface area contributed by atoms with Crippen LogP contribution in [0.1, 0.15) is 29.5 Å². The van der Waals surface area contributed by atoms with Crippen molar-refractivity contribution in [3.05, 3.63) is 48.0 Å². The fourth-order valence-electron chi connectivity index (χ4n) is 4.24. The Morgan fingerprint density at radius 2 is 2.19 bits per heavy atom. The molecule has 1 amide bonds. The topological polar surface area (TPSA) is 123 Å². The number of aryl methyl sites for hydroxylation is 2. The predicted molar refractivity (Wildman–Crippen MR) is 120 cm³/mol. The quantitative estimate of drug-likeness (QED) is 0.497. The molecular formula is C23H24N6O3. The molecule has 1 aliphatic heterocycles. The molecule has 3 N–H and O–H groups in total. The molecule has 1 atom stereocenters. The number of hydrogen-bond acceptors (Lipinski definition) is 7. The van der Waals surface area contributed by atoms with Crippen molar-refractivity contribution in [3.8, 4) is 22.8 Å². The highest BCUT2D eigenvalue weighted by molar-refractivity contribution is 6.01. The van der Waals surface area contributed by atoms with Gasteiger partial charge >= 0.3 is 0 Å². The van der Waals surface area contributed by atoms with Crippen molar-refractivity contribution in [1.82, 2.24) is 19.7 Å². The van der Waals surface area contributed by atoms with Crippen LogP contribution < -0.4 is 10.6 Å². The highest BCUT2D eigenvalue weighted by Crippen LogP contribution is 2.40. The van der Waals surface area contributed by atoms with Gasteiger partial charge in [-0.25, -0.2) is 4.98 Å². The first-order valence-electron chi connectivity index (χ1n) is 10.6. The van der Waals surface area contributed by atoms with Crippen LogP contribution in [0.15, 0.2) is 41.1 Å². The second-order valence-electron chi connectivity index (χ2n) is 8.02. The minimum Gasteiger partial charge on any atom is -0.435 e. The summed E-state index contributed by atoms with van der Waals surface area (Å²) in [5.41, 5.74) is 9.75. The molecule has 164 valence electrons. The van der Waals surface area contributed by atoms with Gasteiger partial charge in [-0.2, -0.15) is 5.10 Å². The van der Waals surface area contributed by atoms with Crippen molar-refractivity contribution in [2.24, 2.45) is 5.73 Å². The Morgan fingerprint density at radius 3 is 2.88 bits per heavy atom. The molecule has 4 aromatic rings. The molecule has 9 nitrogen and oxygen atoms in total. The maximum absolute atomic E-state index is 12.3. The Labute approximate surface area is 184 Å². The van der Waals surface area contributed by atoms with E-state index in [2.05, 4.69) is 20.0 Å². The smallest absolute Gasteiger partial charge is 0.271 e. The number of aliphatic hydroxyl groups excluding tert-OH is 1. The Hall–Kier alpha value is -3.72. The number of hydrogen-bond donors (Lipinski definition) is 2. The van der Waals surface area contributed by atoms with Crippen LogP contribution in [-0.4, -0.2) is 50.0 Å². The monoisotopic (exact) mass is 432 g/mol. The van der Waals surface area contributed by atoms with Crippen molar-refractivity contribution < 1.29 is 14.3 Å². The molecule has 0 radical (unpaired) electrons. The van der Waals surface area contributed by atoms with Gasteiger partial charge < -0.3 is 20.2 Å². The van der Waals surface area contributed by atoms with Gasteiger partial charge in [0.25, 0.3) is 5.91 Å². The second kappa shape index (κ2) is 7.76. The molecule has 9 heteroatoms. The first-order chi connectivity index (χ1) is 15.4. The average Bonchev–Trinajstić information content (AvgIpc) is 3.50. The minimum atomic E-state index is -0.669. The number of fused-ring (bicyclic) bond motifs is 1. The van der Waals surface area contributed by atoms with Crippen LogP contribution >= 0.6 is 0 Å². The Morgan fingerprint density at radius 1 is 1.34 bits per heavy atom. The van der Waals surface area contributed by atoms with Crippen molar-refractivity contribution >= 4 is 22.5 Å². The van der Waals surface area contributed by atoms with Crippen molar-refractivity contribution in [1.29, 1.82) is 0 Å². The fourth-order valence-corrected chi connectivity index (χ4v) is 4.24. The standard InChI is InChI=1S/C23H24N6O3/c1-3-29-18-10-17(19(9-15(18)11-26-29)28-7-5-16(30)12-28)21-20(22(24)31)27-23(32-21)14-4-6-25-13(2)8-14/h4,6,8-11,16,30H,3,5,7,12H2,1-2H3,(H2,24,31). The number of amides is 1. The highest BCUT2D eigenvalue weighted by atomic mass is 16.4. The predicted octanol–water partition coefficient (Wildman–Crippen LogP) is 2.75. The van der Waals surface area contributed by atoms with Gasteiger partial charge in [-0.3, -0.25) is 14.5 Å². The molecule has 1 saturated heterocycles. The highest BCUT2D eigenvalue weighted by Gasteiger charge is 2.28. The molecule has 1 aliphatic rings. The summed E-state index contributed by atoms with van der Waals surface area (Å²) in [4.78, 5) is 23.1. The molecule has 32 heavy (non-hydrogen) atoms. The van der Waals surface area contributed by atoms with E-state index in [1.54, 1.807) is 12.3 Å². The summed E-state index contributed by atoms with van der Waals surface area (Å²) in [6.07, 6.45) is 3.75. The van der Waals surface area contributed by atoms with Crippen LogP contribution in [0.5, 0.6) is 0 Å². The zero-order valence-corrected chi connectivity index (χ0v) is 17.9. The largest absolute Gasteiger partial charge is 0.435 e. The van der Waals surface area contributed by atoms with E-state index in [4.69, 9.17) is 10.2 Å². The zero-order valence-electron chi connectivity index (χ0n) is 17.9. The molecule has 3 aromatic heterocycles. The van der Waals surface area contributed by atoms with Crippen molar-refractivity contribution in [2.75, 3.05) is 18.0 Å². The van der Waals surface area contributed by atoms with Crippen LogP contribution in [0.3, 0.4) is 0 Å². The third kappa shape index (κ3) is 3.40. The summed E-state index contributed by atoms with van der Waals surface area (Å²) in [5.74, 6) is -0.0582. The molecule has 1 fully saturated rings. The number of carbonyl (C=O) groups is 1. The summed E-state index contributed by atoms with van der Waals surface area (Å²) >= 11 is 0. The third-order valence-electron chi connectivity index (χ3n) is 5.81. The maximum atomic E-state index is 12.3. The summed E-state index contributed by atoms with van der Waals surface area (Å²) in [5, 5.41) is 15.6. The first kappa shape index (κ1) is 20.2. The average molecular weight is 432 g/mol. The summed E-state index contributed by atoms with van der Waals surface area (Å²) in [6, 6.07) is 7.60. The molecular weight excluding hydrogens is 408 g/mol. The van der Waals surface area contributed by atoms with Gasteiger partial charge in [-0.1, -0.05) is 0 Å². The number of rotatable bonds is 5. The number of oxazole rings is 1.